The second-order valence-corrected chi connectivity index (χ2v) is 7.58. The molecule has 2 aromatic rings. The Bertz CT molecular complexity index is 851. The zero-order chi connectivity index (χ0) is 18.0. The van der Waals surface area contributed by atoms with Crippen molar-refractivity contribution < 1.29 is 9.18 Å². The number of hydrogen-bond acceptors (Lipinski definition) is 4. The van der Waals surface area contributed by atoms with Crippen molar-refractivity contribution in [1.82, 2.24) is 4.90 Å². The highest BCUT2D eigenvalue weighted by Crippen LogP contribution is 2.35. The topological polar surface area (TPSA) is 32.3 Å². The third-order valence-electron chi connectivity index (χ3n) is 3.43. The molecule has 128 valence electrons. The Labute approximate surface area is 163 Å². The predicted octanol–water partition coefficient (Wildman–Crippen LogP) is 5.40. The Hall–Kier alpha value is -1.60. The van der Waals surface area contributed by atoms with Gasteiger partial charge < -0.3 is 5.32 Å². The van der Waals surface area contributed by atoms with E-state index in [1.165, 1.54) is 28.8 Å². The van der Waals surface area contributed by atoms with Gasteiger partial charge in [0.25, 0.3) is 5.91 Å². The fraction of sp³-hybridized carbons (Fsp3) is 0.0588. The van der Waals surface area contributed by atoms with Crippen molar-refractivity contribution in [3.63, 3.8) is 0 Å². The summed E-state index contributed by atoms with van der Waals surface area (Å²) in [6.45, 7) is 0.184. The molecule has 1 aliphatic rings. The normalized spacial score (nSPS) is 16.0. The van der Waals surface area contributed by atoms with Crippen LogP contribution < -0.4 is 5.32 Å². The van der Waals surface area contributed by atoms with Crippen LogP contribution in [-0.2, 0) is 4.79 Å². The van der Waals surface area contributed by atoms with E-state index in [-0.39, 0.29) is 18.4 Å². The van der Waals surface area contributed by atoms with Gasteiger partial charge in [-0.2, -0.15) is 0 Å². The van der Waals surface area contributed by atoms with Gasteiger partial charge in [0.2, 0.25) is 0 Å². The van der Waals surface area contributed by atoms with E-state index in [2.05, 4.69) is 5.32 Å². The molecule has 0 saturated carbocycles. The van der Waals surface area contributed by atoms with Crippen LogP contribution in [-0.4, -0.2) is 21.8 Å². The van der Waals surface area contributed by atoms with E-state index in [1.54, 1.807) is 36.4 Å². The second-order valence-electron chi connectivity index (χ2n) is 5.09. The largest absolute Gasteiger partial charge is 0.367 e. The van der Waals surface area contributed by atoms with E-state index in [0.717, 1.165) is 0 Å². The maximum Gasteiger partial charge on any atom is 0.267 e. The third kappa shape index (κ3) is 4.15. The van der Waals surface area contributed by atoms with Gasteiger partial charge in [0.15, 0.2) is 0 Å². The first kappa shape index (κ1) is 18.2. The molecule has 0 radical (unpaired) electrons. The van der Waals surface area contributed by atoms with E-state index >= 15 is 0 Å². The highest BCUT2D eigenvalue weighted by atomic mass is 35.5. The summed E-state index contributed by atoms with van der Waals surface area (Å²) in [5.74, 6) is -0.559. The van der Waals surface area contributed by atoms with Gasteiger partial charge in [-0.3, -0.25) is 9.69 Å². The van der Waals surface area contributed by atoms with Crippen LogP contribution in [0.25, 0.3) is 6.08 Å². The van der Waals surface area contributed by atoms with E-state index in [9.17, 15) is 9.18 Å². The van der Waals surface area contributed by atoms with Gasteiger partial charge >= 0.3 is 0 Å². The molecule has 1 saturated heterocycles. The Morgan fingerprint density at radius 2 is 1.80 bits per heavy atom. The van der Waals surface area contributed by atoms with Crippen molar-refractivity contribution in [2.45, 2.75) is 0 Å². The van der Waals surface area contributed by atoms with Gasteiger partial charge in [0.1, 0.15) is 10.1 Å². The summed E-state index contributed by atoms with van der Waals surface area (Å²) < 4.78 is 13.4. The second kappa shape index (κ2) is 7.74. The van der Waals surface area contributed by atoms with Crippen LogP contribution in [0.2, 0.25) is 10.0 Å². The van der Waals surface area contributed by atoms with Gasteiger partial charge in [0.05, 0.1) is 11.6 Å². The Kier molecular flexibility index (Phi) is 5.64. The molecular formula is C17H11Cl2FN2OS2. The average molecular weight is 413 g/mol. The van der Waals surface area contributed by atoms with Crippen molar-refractivity contribution in [3.05, 3.63) is 68.8 Å². The number of hydrogen-bond donors (Lipinski definition) is 1. The summed E-state index contributed by atoms with van der Waals surface area (Å²) in [5, 5.41) is 3.96. The van der Waals surface area contributed by atoms with Crippen LogP contribution >= 0.6 is 47.2 Å². The van der Waals surface area contributed by atoms with Crippen molar-refractivity contribution >= 4 is 69.2 Å². The third-order valence-corrected chi connectivity index (χ3v) is 5.47. The van der Waals surface area contributed by atoms with Crippen LogP contribution in [0.3, 0.4) is 0 Å². The number of amides is 1. The number of carbonyl (C=O) groups excluding carboxylic acids is 1. The maximum atomic E-state index is 12.9. The smallest absolute Gasteiger partial charge is 0.267 e. The van der Waals surface area contributed by atoms with Crippen molar-refractivity contribution in [1.29, 1.82) is 0 Å². The quantitative estimate of drug-likeness (QED) is 0.537. The molecule has 0 unspecified atom stereocenters. The number of nitrogens with zero attached hydrogens (tertiary/aromatic N) is 1. The van der Waals surface area contributed by atoms with Gasteiger partial charge in [-0.1, -0.05) is 53.2 Å². The number of rotatable bonds is 4. The fourth-order valence-corrected chi connectivity index (χ4v) is 3.90. The Morgan fingerprint density at radius 1 is 1.16 bits per heavy atom. The number of carbonyl (C=O) groups is 1. The molecule has 0 bridgehead atoms. The molecule has 1 aliphatic heterocycles. The van der Waals surface area contributed by atoms with Crippen molar-refractivity contribution in [2.75, 3.05) is 12.0 Å². The highest BCUT2D eigenvalue weighted by Gasteiger charge is 2.32. The number of thiocarbonyl (C=S) groups is 1. The van der Waals surface area contributed by atoms with Gasteiger partial charge in [0, 0.05) is 21.3 Å². The Balaban J connectivity index is 1.76. The summed E-state index contributed by atoms with van der Waals surface area (Å²) in [6, 6.07) is 11.0. The molecule has 0 aliphatic carbocycles. The molecule has 25 heavy (non-hydrogen) atoms. The fourth-order valence-electron chi connectivity index (χ4n) is 2.15. The van der Waals surface area contributed by atoms with Crippen LogP contribution in [0.1, 0.15) is 5.56 Å². The SMILES string of the molecule is O=C1/C(=C/c2c(Cl)cccc2Cl)SC(=S)N1CNc1ccc(F)cc1. The molecule has 0 spiro atoms. The van der Waals surface area contributed by atoms with E-state index in [1.807, 2.05) is 0 Å². The lowest BCUT2D eigenvalue weighted by Gasteiger charge is -2.16. The minimum atomic E-state index is -0.323. The first-order chi connectivity index (χ1) is 12.0. The molecule has 2 aromatic carbocycles. The molecular weight excluding hydrogens is 402 g/mol. The lowest BCUT2D eigenvalue weighted by atomic mass is 10.2. The number of halogens is 3. The number of benzene rings is 2. The van der Waals surface area contributed by atoms with Gasteiger partial charge in [-0.25, -0.2) is 4.39 Å². The molecule has 8 heteroatoms. The Morgan fingerprint density at radius 3 is 2.44 bits per heavy atom. The van der Waals surface area contributed by atoms with Crippen LogP contribution in [0.4, 0.5) is 10.1 Å². The van der Waals surface area contributed by atoms with E-state index in [4.69, 9.17) is 35.4 Å². The van der Waals surface area contributed by atoms with Crippen molar-refractivity contribution in [2.24, 2.45) is 0 Å². The van der Waals surface area contributed by atoms with Crippen molar-refractivity contribution in [3.8, 4) is 0 Å². The molecule has 3 nitrogen and oxygen atoms in total. The lowest BCUT2D eigenvalue weighted by molar-refractivity contribution is -0.121. The number of anilines is 1. The van der Waals surface area contributed by atoms with Crippen LogP contribution in [0.5, 0.6) is 0 Å². The van der Waals surface area contributed by atoms with Gasteiger partial charge in [-0.15, -0.1) is 0 Å². The summed E-state index contributed by atoms with van der Waals surface area (Å²) in [6.07, 6.45) is 1.64. The van der Waals surface area contributed by atoms with E-state index in [0.29, 0.717) is 30.5 Å². The summed E-state index contributed by atoms with van der Waals surface area (Å²) >= 11 is 18.7. The average Bonchev–Trinajstić information content (AvgIpc) is 2.84. The minimum absolute atomic E-state index is 0.184. The first-order valence-corrected chi connectivity index (χ1v) is 9.12. The zero-order valence-corrected chi connectivity index (χ0v) is 15.8. The minimum Gasteiger partial charge on any atom is -0.367 e. The monoisotopic (exact) mass is 412 g/mol. The summed E-state index contributed by atoms with van der Waals surface area (Å²) in [7, 11) is 0. The first-order valence-electron chi connectivity index (χ1n) is 7.14. The number of nitrogens with one attached hydrogen (secondary N) is 1. The molecule has 1 heterocycles. The van der Waals surface area contributed by atoms with Gasteiger partial charge in [-0.05, 0) is 42.5 Å². The zero-order valence-electron chi connectivity index (χ0n) is 12.6. The molecule has 0 atom stereocenters. The number of thioether (sulfide) groups is 1. The van der Waals surface area contributed by atoms with E-state index < -0.39 is 0 Å². The predicted molar refractivity (Wildman–Crippen MR) is 106 cm³/mol. The molecule has 3 rings (SSSR count). The molecule has 0 aromatic heterocycles. The summed E-state index contributed by atoms with van der Waals surface area (Å²) in [4.78, 5) is 14.5. The summed E-state index contributed by atoms with van der Waals surface area (Å²) in [5.41, 5.74) is 1.27. The highest BCUT2D eigenvalue weighted by molar-refractivity contribution is 8.26. The van der Waals surface area contributed by atoms with Crippen LogP contribution in [0.15, 0.2) is 47.4 Å². The lowest BCUT2D eigenvalue weighted by Crippen LogP contribution is -2.33. The molecule has 1 amide bonds. The molecule has 1 N–H and O–H groups in total. The standard InChI is InChI=1S/C17H11Cl2FN2OS2/c18-13-2-1-3-14(19)12(13)8-15-16(23)22(17(24)25-15)9-21-11-6-4-10(20)5-7-11/h1-8,21H,9H2/b15-8-. The maximum absolute atomic E-state index is 12.9. The van der Waals surface area contributed by atoms with Crippen LogP contribution in [0, 0.1) is 5.82 Å². The molecule has 1 fully saturated rings.